The number of halogens is 2. The van der Waals surface area contributed by atoms with E-state index in [2.05, 4.69) is 15.6 Å². The SMILES string of the molecule is CO[C@@H]1CN[C@H](C(=O)Nc2cccc(C)n2)C1.Cl.Cl. The molecule has 2 N–H and O–H groups in total. The van der Waals surface area contributed by atoms with Crippen molar-refractivity contribution < 1.29 is 9.53 Å². The summed E-state index contributed by atoms with van der Waals surface area (Å²) in [4.78, 5) is 16.2. The fraction of sp³-hybridized carbons (Fsp3) is 0.500. The molecule has 1 aliphatic heterocycles. The van der Waals surface area contributed by atoms with Gasteiger partial charge in [-0.1, -0.05) is 6.07 Å². The Hall–Kier alpha value is -0.880. The van der Waals surface area contributed by atoms with E-state index in [1.54, 1.807) is 13.2 Å². The molecule has 2 heterocycles. The minimum atomic E-state index is -0.192. The largest absolute Gasteiger partial charge is 0.380 e. The molecule has 2 rings (SSSR count). The Morgan fingerprint density at radius 1 is 1.47 bits per heavy atom. The minimum Gasteiger partial charge on any atom is -0.380 e. The molecule has 1 aliphatic rings. The van der Waals surface area contributed by atoms with Gasteiger partial charge in [0, 0.05) is 19.3 Å². The van der Waals surface area contributed by atoms with Crippen LogP contribution < -0.4 is 10.6 Å². The van der Waals surface area contributed by atoms with E-state index in [1.807, 2.05) is 19.1 Å². The van der Waals surface area contributed by atoms with E-state index >= 15 is 0 Å². The van der Waals surface area contributed by atoms with Gasteiger partial charge in [0.1, 0.15) is 5.82 Å². The number of carbonyl (C=O) groups is 1. The van der Waals surface area contributed by atoms with Gasteiger partial charge in [-0.15, -0.1) is 24.8 Å². The zero-order chi connectivity index (χ0) is 12.3. The first-order chi connectivity index (χ1) is 8.19. The van der Waals surface area contributed by atoms with E-state index in [9.17, 15) is 4.79 Å². The molecule has 0 radical (unpaired) electrons. The number of carbonyl (C=O) groups excluding carboxylic acids is 1. The first-order valence-corrected chi connectivity index (χ1v) is 5.69. The van der Waals surface area contributed by atoms with Crippen LogP contribution in [0.25, 0.3) is 0 Å². The number of aromatic nitrogens is 1. The lowest BCUT2D eigenvalue weighted by Crippen LogP contribution is -2.35. The molecule has 1 fully saturated rings. The monoisotopic (exact) mass is 307 g/mol. The van der Waals surface area contributed by atoms with E-state index in [1.165, 1.54) is 0 Å². The smallest absolute Gasteiger partial charge is 0.242 e. The lowest BCUT2D eigenvalue weighted by molar-refractivity contribution is -0.118. The number of nitrogens with zero attached hydrogens (tertiary/aromatic N) is 1. The molecule has 2 atom stereocenters. The topological polar surface area (TPSA) is 63.2 Å². The van der Waals surface area contributed by atoms with E-state index in [0.717, 1.165) is 12.2 Å². The predicted molar refractivity (Wildman–Crippen MR) is 79.3 cm³/mol. The molecule has 5 nitrogen and oxygen atoms in total. The summed E-state index contributed by atoms with van der Waals surface area (Å²) in [5.41, 5.74) is 0.886. The number of ether oxygens (including phenoxy) is 1. The highest BCUT2D eigenvalue weighted by atomic mass is 35.5. The number of hydrogen-bond acceptors (Lipinski definition) is 4. The van der Waals surface area contributed by atoms with Crippen molar-refractivity contribution in [3.63, 3.8) is 0 Å². The van der Waals surface area contributed by atoms with Crippen molar-refractivity contribution in [1.29, 1.82) is 0 Å². The first-order valence-electron chi connectivity index (χ1n) is 5.69. The van der Waals surface area contributed by atoms with Gasteiger partial charge < -0.3 is 15.4 Å². The van der Waals surface area contributed by atoms with Crippen LogP contribution in [0.5, 0.6) is 0 Å². The summed E-state index contributed by atoms with van der Waals surface area (Å²) in [6.07, 6.45) is 0.824. The van der Waals surface area contributed by atoms with Crippen molar-refractivity contribution in [1.82, 2.24) is 10.3 Å². The third kappa shape index (κ3) is 4.95. The molecule has 1 aromatic rings. The van der Waals surface area contributed by atoms with E-state index in [-0.39, 0.29) is 42.9 Å². The first kappa shape index (κ1) is 18.1. The van der Waals surface area contributed by atoms with Gasteiger partial charge in [0.15, 0.2) is 0 Å². The second-order valence-electron chi connectivity index (χ2n) is 4.21. The normalized spacial score (nSPS) is 21.2. The molecule has 0 aromatic carbocycles. The quantitative estimate of drug-likeness (QED) is 0.889. The van der Waals surface area contributed by atoms with E-state index in [0.29, 0.717) is 12.2 Å². The maximum atomic E-state index is 11.9. The van der Waals surface area contributed by atoms with E-state index in [4.69, 9.17) is 4.74 Å². The third-order valence-electron chi connectivity index (χ3n) is 2.88. The summed E-state index contributed by atoms with van der Waals surface area (Å²) in [5.74, 6) is 0.542. The standard InChI is InChI=1S/C12H17N3O2.2ClH/c1-8-4-3-5-11(14-8)15-12(16)10-6-9(17-2)7-13-10;;/h3-5,9-10,13H,6-7H2,1-2H3,(H,14,15,16);2*1H/t9-,10-;;/m0../s1. The number of pyridine rings is 1. The fourth-order valence-electron chi connectivity index (χ4n) is 1.91. The summed E-state index contributed by atoms with van der Waals surface area (Å²) in [6.45, 7) is 2.61. The predicted octanol–water partition coefficient (Wildman–Crippen LogP) is 1.55. The van der Waals surface area contributed by atoms with Crippen LogP contribution in [0.15, 0.2) is 18.2 Å². The number of hydrogen-bond donors (Lipinski definition) is 2. The van der Waals surface area contributed by atoms with Crippen molar-refractivity contribution in [2.45, 2.75) is 25.5 Å². The Morgan fingerprint density at radius 3 is 2.79 bits per heavy atom. The Kier molecular flexibility index (Phi) is 7.94. The Balaban J connectivity index is 0.00000162. The van der Waals surface area contributed by atoms with Gasteiger partial charge in [-0.25, -0.2) is 4.98 Å². The molecule has 0 saturated carbocycles. The van der Waals surface area contributed by atoms with E-state index < -0.39 is 0 Å². The number of amides is 1. The lowest BCUT2D eigenvalue weighted by atomic mass is 10.2. The second kappa shape index (κ2) is 8.32. The van der Waals surface area contributed by atoms with Gasteiger partial charge in [-0.05, 0) is 25.5 Å². The third-order valence-corrected chi connectivity index (χ3v) is 2.88. The van der Waals surface area contributed by atoms with Crippen LogP contribution in [0.1, 0.15) is 12.1 Å². The van der Waals surface area contributed by atoms with Crippen molar-refractivity contribution >= 4 is 36.5 Å². The molecule has 0 bridgehead atoms. The molecule has 1 aromatic heterocycles. The van der Waals surface area contributed by atoms with Crippen molar-refractivity contribution in [2.24, 2.45) is 0 Å². The summed E-state index contributed by atoms with van der Waals surface area (Å²) in [7, 11) is 1.66. The van der Waals surface area contributed by atoms with Gasteiger partial charge in [-0.2, -0.15) is 0 Å². The highest BCUT2D eigenvalue weighted by Crippen LogP contribution is 2.12. The van der Waals surface area contributed by atoms with Gasteiger partial charge in [0.2, 0.25) is 5.91 Å². The zero-order valence-electron chi connectivity index (χ0n) is 10.9. The molecule has 0 unspecified atom stereocenters. The Bertz CT molecular complexity index is 418. The van der Waals surface area contributed by atoms with Crippen molar-refractivity contribution in [3.05, 3.63) is 23.9 Å². The summed E-state index contributed by atoms with van der Waals surface area (Å²) in [6, 6.07) is 5.36. The molecule has 19 heavy (non-hydrogen) atoms. The maximum absolute atomic E-state index is 11.9. The Morgan fingerprint density at radius 2 is 2.21 bits per heavy atom. The number of rotatable bonds is 3. The van der Waals surface area contributed by atoms with Crippen LogP contribution in [0.3, 0.4) is 0 Å². The van der Waals surface area contributed by atoms with Crippen LogP contribution >= 0.6 is 24.8 Å². The van der Waals surface area contributed by atoms with Crippen LogP contribution in [0, 0.1) is 6.92 Å². The molecule has 0 aliphatic carbocycles. The average Bonchev–Trinajstić information content (AvgIpc) is 2.77. The van der Waals surface area contributed by atoms with Crippen molar-refractivity contribution in [3.8, 4) is 0 Å². The summed E-state index contributed by atoms with van der Waals surface area (Å²) in [5, 5.41) is 5.93. The van der Waals surface area contributed by atoms with Gasteiger partial charge in [0.25, 0.3) is 0 Å². The molecule has 1 saturated heterocycles. The molecular weight excluding hydrogens is 289 g/mol. The number of methoxy groups -OCH3 is 1. The summed E-state index contributed by atoms with van der Waals surface area (Å²) < 4.78 is 5.20. The second-order valence-corrected chi connectivity index (χ2v) is 4.21. The number of anilines is 1. The van der Waals surface area contributed by atoms with Gasteiger partial charge in [-0.3, -0.25) is 4.79 Å². The molecule has 1 amide bonds. The van der Waals surface area contributed by atoms with Crippen LogP contribution in [0.2, 0.25) is 0 Å². The Labute approximate surface area is 125 Å². The van der Waals surface area contributed by atoms with Crippen LogP contribution in [-0.2, 0) is 9.53 Å². The fourth-order valence-corrected chi connectivity index (χ4v) is 1.91. The van der Waals surface area contributed by atoms with Gasteiger partial charge in [0.05, 0.1) is 12.1 Å². The molecule has 7 heteroatoms. The summed E-state index contributed by atoms with van der Waals surface area (Å²) >= 11 is 0. The maximum Gasteiger partial charge on any atom is 0.242 e. The minimum absolute atomic E-state index is 0. The molecular formula is C12H19Cl2N3O2. The van der Waals surface area contributed by atoms with Crippen LogP contribution in [-0.4, -0.2) is 36.7 Å². The highest BCUT2D eigenvalue weighted by Gasteiger charge is 2.29. The number of aryl methyl sites for hydroxylation is 1. The van der Waals surface area contributed by atoms with Crippen molar-refractivity contribution in [2.75, 3.05) is 19.0 Å². The number of nitrogens with one attached hydrogen (secondary N) is 2. The zero-order valence-corrected chi connectivity index (χ0v) is 12.5. The molecule has 108 valence electrons. The van der Waals surface area contributed by atoms with Gasteiger partial charge >= 0.3 is 0 Å². The average molecular weight is 308 g/mol. The van der Waals surface area contributed by atoms with Crippen LogP contribution in [0.4, 0.5) is 5.82 Å². The highest BCUT2D eigenvalue weighted by molar-refractivity contribution is 5.94. The molecule has 0 spiro atoms. The lowest BCUT2D eigenvalue weighted by Gasteiger charge is -2.10.